The summed E-state index contributed by atoms with van der Waals surface area (Å²) >= 11 is 0. The van der Waals surface area contributed by atoms with Gasteiger partial charge in [-0.1, -0.05) is 61.7 Å². The molecular formula is C32H42N4O3. The van der Waals surface area contributed by atoms with Crippen molar-refractivity contribution < 1.29 is 14.5 Å². The summed E-state index contributed by atoms with van der Waals surface area (Å²) in [5, 5.41) is 18.3. The highest BCUT2D eigenvalue weighted by Gasteiger charge is 2.43. The summed E-state index contributed by atoms with van der Waals surface area (Å²) in [6, 6.07) is 16.6. The maximum absolute atomic E-state index is 12.4. The lowest BCUT2D eigenvalue weighted by atomic mass is 9.87. The summed E-state index contributed by atoms with van der Waals surface area (Å²) in [5.74, 6) is 1.34. The molecule has 208 valence electrons. The van der Waals surface area contributed by atoms with Crippen LogP contribution in [-0.2, 0) is 11.2 Å². The summed E-state index contributed by atoms with van der Waals surface area (Å²) in [6.07, 6.45) is 10.4. The van der Waals surface area contributed by atoms with Crippen LogP contribution in [-0.4, -0.2) is 70.0 Å². The van der Waals surface area contributed by atoms with Crippen molar-refractivity contribution in [2.45, 2.75) is 69.7 Å². The van der Waals surface area contributed by atoms with E-state index in [0.29, 0.717) is 17.8 Å². The van der Waals surface area contributed by atoms with Gasteiger partial charge in [-0.05, 0) is 96.9 Å². The zero-order valence-electron chi connectivity index (χ0n) is 23.0. The van der Waals surface area contributed by atoms with Crippen molar-refractivity contribution in [3.63, 3.8) is 0 Å². The normalized spacial score (nSPS) is 24.5. The van der Waals surface area contributed by atoms with Crippen molar-refractivity contribution in [2.24, 2.45) is 17.8 Å². The minimum absolute atomic E-state index is 0.306. The molecule has 1 aromatic heterocycles. The molecule has 3 aliphatic rings. The summed E-state index contributed by atoms with van der Waals surface area (Å²) < 4.78 is 4.92. The molecule has 6 rings (SSSR count). The van der Waals surface area contributed by atoms with Crippen LogP contribution in [0.5, 0.6) is 0 Å². The Morgan fingerprint density at radius 2 is 1.77 bits per heavy atom. The van der Waals surface area contributed by atoms with E-state index in [1.54, 1.807) is 0 Å². The molecule has 1 aliphatic carbocycles. The number of hydrogen-bond acceptors (Lipinski definition) is 6. The fourth-order valence-corrected chi connectivity index (χ4v) is 7.76. The molecule has 3 heterocycles. The Hall–Kier alpha value is -2.77. The number of likely N-dealkylation sites (tertiary alicyclic amines) is 2. The lowest BCUT2D eigenvalue weighted by Crippen LogP contribution is -2.45. The highest BCUT2D eigenvalue weighted by atomic mass is 16.6. The first kappa shape index (κ1) is 26.5. The number of fused-ring (bicyclic) bond motifs is 1. The summed E-state index contributed by atoms with van der Waals surface area (Å²) in [6.45, 7) is 5.13. The van der Waals surface area contributed by atoms with Crippen molar-refractivity contribution >= 4 is 17.0 Å². The van der Waals surface area contributed by atoms with E-state index < -0.39 is 5.97 Å². The quantitative estimate of drug-likeness (QED) is 0.364. The number of hydrogen-bond donors (Lipinski definition) is 1. The monoisotopic (exact) mass is 530 g/mol. The minimum atomic E-state index is -0.619. The second-order valence-corrected chi connectivity index (χ2v) is 12.2. The van der Waals surface area contributed by atoms with Crippen LogP contribution in [0.25, 0.3) is 11.0 Å². The molecule has 2 saturated heterocycles. The third-order valence-electron chi connectivity index (χ3n) is 9.82. The van der Waals surface area contributed by atoms with Gasteiger partial charge in [0.05, 0.1) is 0 Å². The predicted octanol–water partition coefficient (Wildman–Crippen LogP) is 5.62. The lowest BCUT2D eigenvalue weighted by molar-refractivity contribution is -0.145. The van der Waals surface area contributed by atoms with Crippen LogP contribution in [0.1, 0.15) is 68.4 Å². The van der Waals surface area contributed by atoms with Gasteiger partial charge < -0.3 is 10.0 Å². The van der Waals surface area contributed by atoms with Crippen LogP contribution >= 0.6 is 0 Å². The third-order valence-corrected chi connectivity index (χ3v) is 9.82. The first-order chi connectivity index (χ1) is 19.2. The number of carboxylic acid groups (broad SMARTS) is 1. The van der Waals surface area contributed by atoms with Gasteiger partial charge in [0.2, 0.25) is 0 Å². The minimum Gasteiger partial charge on any atom is -0.480 e. The third kappa shape index (κ3) is 6.04. The number of carbonyl (C=O) groups is 1. The first-order valence-electron chi connectivity index (χ1n) is 15.1. The number of aliphatic carboxylic acids is 1. The summed E-state index contributed by atoms with van der Waals surface area (Å²) in [4.78, 5) is 17.4. The van der Waals surface area contributed by atoms with Crippen LogP contribution in [0.4, 0.5) is 0 Å². The van der Waals surface area contributed by atoms with Crippen LogP contribution in [0.2, 0.25) is 0 Å². The number of carboxylic acids is 1. The Morgan fingerprint density at radius 3 is 2.54 bits per heavy atom. The molecule has 3 aromatic rings. The summed E-state index contributed by atoms with van der Waals surface area (Å²) in [7, 11) is 0. The zero-order chi connectivity index (χ0) is 26.6. The van der Waals surface area contributed by atoms with Crippen molar-refractivity contribution in [1.29, 1.82) is 0 Å². The highest BCUT2D eigenvalue weighted by molar-refractivity contribution is 5.76. The van der Waals surface area contributed by atoms with Crippen LogP contribution in [0, 0.1) is 17.8 Å². The largest absolute Gasteiger partial charge is 0.480 e. The molecule has 3 atom stereocenters. The van der Waals surface area contributed by atoms with E-state index in [-0.39, 0.29) is 6.04 Å². The second kappa shape index (κ2) is 12.2. The lowest BCUT2D eigenvalue weighted by Gasteiger charge is -2.35. The van der Waals surface area contributed by atoms with Gasteiger partial charge in [0.15, 0.2) is 0 Å². The molecule has 3 unspecified atom stereocenters. The number of nitrogens with zero attached hydrogens (tertiary/aromatic N) is 4. The SMILES string of the molecule is O=C(O)C(C1CCCC1)N1CC(CN2CCC(CCCc3cccc4nonc34)CC2)C(c2ccccc2)C1. The fraction of sp³-hybridized carbons (Fsp3) is 0.594. The molecular weight excluding hydrogens is 488 g/mol. The van der Waals surface area contributed by atoms with Crippen LogP contribution in [0.3, 0.4) is 0 Å². The second-order valence-electron chi connectivity index (χ2n) is 12.2. The zero-order valence-corrected chi connectivity index (χ0v) is 23.0. The molecule has 0 radical (unpaired) electrons. The van der Waals surface area contributed by atoms with Gasteiger partial charge in [0, 0.05) is 25.6 Å². The number of aromatic nitrogens is 2. The molecule has 7 nitrogen and oxygen atoms in total. The average Bonchev–Trinajstić information content (AvgIpc) is 3.72. The van der Waals surface area contributed by atoms with E-state index in [4.69, 9.17) is 4.63 Å². The number of rotatable bonds is 10. The molecule has 0 amide bonds. The first-order valence-corrected chi connectivity index (χ1v) is 15.1. The maximum Gasteiger partial charge on any atom is 0.321 e. The van der Waals surface area contributed by atoms with Crippen LogP contribution in [0.15, 0.2) is 53.2 Å². The van der Waals surface area contributed by atoms with Gasteiger partial charge in [0.1, 0.15) is 17.1 Å². The predicted molar refractivity (Wildman–Crippen MR) is 152 cm³/mol. The molecule has 1 N–H and O–H groups in total. The van der Waals surface area contributed by atoms with Crippen molar-refractivity contribution in [2.75, 3.05) is 32.7 Å². The van der Waals surface area contributed by atoms with Crippen LogP contribution < -0.4 is 0 Å². The van der Waals surface area contributed by atoms with Gasteiger partial charge in [-0.3, -0.25) is 9.69 Å². The molecule has 2 aromatic carbocycles. The molecule has 7 heteroatoms. The highest BCUT2D eigenvalue weighted by Crippen LogP contribution is 2.39. The molecule has 0 bridgehead atoms. The van der Waals surface area contributed by atoms with Crippen molar-refractivity contribution in [1.82, 2.24) is 20.1 Å². The number of aryl methyl sites for hydroxylation is 1. The molecule has 1 saturated carbocycles. The maximum atomic E-state index is 12.4. The standard InChI is InChI=1S/C32H42N4O3/c37-32(38)31(26-11-4-5-12-26)36-21-27(28(22-36)24-9-2-1-3-10-24)20-35-18-16-23(17-19-35)8-6-13-25-14-7-15-29-30(25)34-39-33-29/h1-3,7,9-10,14-15,23,26-28,31H,4-6,8,11-13,16-22H2,(H,37,38). The molecule has 0 spiro atoms. The van der Waals surface area contributed by atoms with Gasteiger partial charge >= 0.3 is 5.97 Å². The number of piperidine rings is 1. The Kier molecular flexibility index (Phi) is 8.26. The van der Waals surface area contributed by atoms with E-state index in [1.165, 1.54) is 49.7 Å². The van der Waals surface area contributed by atoms with Gasteiger partial charge in [-0.15, -0.1) is 0 Å². The van der Waals surface area contributed by atoms with Gasteiger partial charge in [0.25, 0.3) is 0 Å². The molecule has 2 aliphatic heterocycles. The fourth-order valence-electron chi connectivity index (χ4n) is 7.76. The van der Waals surface area contributed by atoms with Crippen molar-refractivity contribution in [3.8, 4) is 0 Å². The average molecular weight is 531 g/mol. The topological polar surface area (TPSA) is 82.7 Å². The Labute approximate surface area is 231 Å². The Bertz CT molecular complexity index is 1220. The van der Waals surface area contributed by atoms with Gasteiger partial charge in [-0.25, -0.2) is 4.63 Å². The Balaban J connectivity index is 1.04. The number of benzene rings is 2. The molecule has 3 fully saturated rings. The smallest absolute Gasteiger partial charge is 0.321 e. The van der Waals surface area contributed by atoms with E-state index >= 15 is 0 Å². The van der Waals surface area contributed by atoms with Crippen molar-refractivity contribution in [3.05, 3.63) is 59.7 Å². The van der Waals surface area contributed by atoms with E-state index in [2.05, 4.69) is 56.5 Å². The van der Waals surface area contributed by atoms with E-state index in [0.717, 1.165) is 68.9 Å². The Morgan fingerprint density at radius 1 is 0.974 bits per heavy atom. The molecule has 39 heavy (non-hydrogen) atoms. The summed E-state index contributed by atoms with van der Waals surface area (Å²) in [5.41, 5.74) is 4.36. The van der Waals surface area contributed by atoms with Gasteiger partial charge in [-0.2, -0.15) is 0 Å². The van der Waals surface area contributed by atoms with E-state index in [1.807, 2.05) is 12.1 Å². The van der Waals surface area contributed by atoms with E-state index in [9.17, 15) is 9.90 Å².